The van der Waals surface area contributed by atoms with Gasteiger partial charge in [-0.1, -0.05) is 0 Å². The number of thiophene rings is 1. The van der Waals surface area contributed by atoms with Crippen molar-refractivity contribution in [2.24, 2.45) is 5.73 Å². The lowest BCUT2D eigenvalue weighted by molar-refractivity contribution is -0.0502. The van der Waals surface area contributed by atoms with Gasteiger partial charge in [0, 0.05) is 19.1 Å². The molecule has 0 aromatic carbocycles. The zero-order valence-corrected chi connectivity index (χ0v) is 10.7. The monoisotopic (exact) mass is 240 g/mol. The van der Waals surface area contributed by atoms with E-state index in [1.165, 1.54) is 5.56 Å². The lowest BCUT2D eigenvalue weighted by Gasteiger charge is -2.37. The minimum Gasteiger partial charge on any atom is -0.374 e. The molecule has 0 spiro atoms. The summed E-state index contributed by atoms with van der Waals surface area (Å²) >= 11 is 1.69. The van der Waals surface area contributed by atoms with Gasteiger partial charge in [-0.3, -0.25) is 4.90 Å². The molecule has 2 atom stereocenters. The molecule has 0 amide bonds. The molecule has 1 aliphatic rings. The molecular formula is C12H20N2OS. The number of morpholine rings is 1. The zero-order chi connectivity index (χ0) is 11.5. The average molecular weight is 240 g/mol. The predicted octanol–water partition coefficient (Wildman–Crippen LogP) is 1.86. The first-order valence-corrected chi connectivity index (χ1v) is 6.76. The molecule has 0 radical (unpaired) electrons. The van der Waals surface area contributed by atoms with E-state index in [9.17, 15) is 0 Å². The van der Waals surface area contributed by atoms with E-state index in [4.69, 9.17) is 10.5 Å². The summed E-state index contributed by atoms with van der Waals surface area (Å²) in [5.74, 6) is 0. The van der Waals surface area contributed by atoms with Crippen molar-refractivity contribution >= 4 is 11.3 Å². The van der Waals surface area contributed by atoms with E-state index in [2.05, 4.69) is 35.6 Å². The van der Waals surface area contributed by atoms with Crippen LogP contribution in [-0.4, -0.2) is 36.7 Å². The molecule has 2 unspecified atom stereocenters. The van der Waals surface area contributed by atoms with Crippen molar-refractivity contribution in [1.29, 1.82) is 0 Å². The van der Waals surface area contributed by atoms with Crippen LogP contribution in [0.1, 0.15) is 25.5 Å². The normalized spacial score (nSPS) is 24.9. The molecule has 4 heteroatoms. The molecule has 1 aromatic heterocycles. The highest BCUT2D eigenvalue weighted by Crippen LogP contribution is 2.22. The average Bonchev–Trinajstić information content (AvgIpc) is 2.81. The molecule has 2 N–H and O–H groups in total. The Morgan fingerprint density at radius 1 is 1.56 bits per heavy atom. The summed E-state index contributed by atoms with van der Waals surface area (Å²) in [6.45, 7) is 7.19. The Balaban J connectivity index is 1.99. The number of hydrogen-bond acceptors (Lipinski definition) is 4. The molecule has 1 aromatic rings. The van der Waals surface area contributed by atoms with E-state index in [-0.39, 0.29) is 12.1 Å². The van der Waals surface area contributed by atoms with Gasteiger partial charge in [-0.05, 0) is 36.2 Å². The smallest absolute Gasteiger partial charge is 0.0895 e. The summed E-state index contributed by atoms with van der Waals surface area (Å²) in [6, 6.07) is 2.67. The highest BCUT2D eigenvalue weighted by Gasteiger charge is 2.27. The number of nitrogens with two attached hydrogens (primary N) is 1. The molecule has 2 heterocycles. The van der Waals surface area contributed by atoms with Crippen molar-refractivity contribution in [3.05, 3.63) is 22.4 Å². The van der Waals surface area contributed by atoms with Crippen molar-refractivity contribution < 1.29 is 4.74 Å². The van der Waals surface area contributed by atoms with Gasteiger partial charge < -0.3 is 10.5 Å². The maximum Gasteiger partial charge on any atom is 0.0895 e. The minimum absolute atomic E-state index is 0.00722. The highest BCUT2D eigenvalue weighted by molar-refractivity contribution is 7.07. The van der Waals surface area contributed by atoms with Crippen LogP contribution in [0.4, 0.5) is 0 Å². The van der Waals surface area contributed by atoms with Crippen molar-refractivity contribution in [2.45, 2.75) is 32.0 Å². The predicted molar refractivity (Wildman–Crippen MR) is 67.7 cm³/mol. The second kappa shape index (κ2) is 5.27. The molecule has 2 rings (SSSR count). The summed E-state index contributed by atoms with van der Waals surface area (Å²) in [6.07, 6.45) is 0.130. The quantitative estimate of drug-likeness (QED) is 0.876. The van der Waals surface area contributed by atoms with Gasteiger partial charge in [0.05, 0.1) is 18.8 Å². The Morgan fingerprint density at radius 3 is 3.00 bits per heavy atom. The van der Waals surface area contributed by atoms with E-state index < -0.39 is 0 Å². The van der Waals surface area contributed by atoms with Gasteiger partial charge >= 0.3 is 0 Å². The Labute approximate surface area is 101 Å². The van der Waals surface area contributed by atoms with E-state index in [1.54, 1.807) is 11.3 Å². The van der Waals surface area contributed by atoms with Crippen molar-refractivity contribution in [2.75, 3.05) is 19.7 Å². The van der Waals surface area contributed by atoms with E-state index in [1.807, 2.05) is 0 Å². The lowest BCUT2D eigenvalue weighted by Crippen LogP contribution is -2.49. The summed E-state index contributed by atoms with van der Waals surface area (Å²) < 4.78 is 5.78. The standard InChI is InChI=1S/C12H20N2OS/c1-9(2)14-4-5-15-11(7-14)12(13)10-3-6-16-8-10/h3,6,8-9,11-12H,4-5,7,13H2,1-2H3. The third-order valence-corrected chi connectivity index (χ3v) is 3.89. The fraction of sp³-hybridized carbons (Fsp3) is 0.667. The molecule has 1 fully saturated rings. The third-order valence-electron chi connectivity index (χ3n) is 3.18. The third kappa shape index (κ3) is 2.63. The molecule has 90 valence electrons. The van der Waals surface area contributed by atoms with Crippen molar-refractivity contribution in [3.63, 3.8) is 0 Å². The topological polar surface area (TPSA) is 38.5 Å². The first-order chi connectivity index (χ1) is 7.68. The molecule has 0 aliphatic carbocycles. The van der Waals surface area contributed by atoms with Crippen molar-refractivity contribution in [1.82, 2.24) is 4.90 Å². The molecule has 0 bridgehead atoms. The maximum absolute atomic E-state index is 6.23. The Morgan fingerprint density at radius 2 is 2.38 bits per heavy atom. The van der Waals surface area contributed by atoms with Crippen LogP contribution in [-0.2, 0) is 4.74 Å². The number of nitrogens with zero attached hydrogens (tertiary/aromatic N) is 1. The molecule has 0 saturated carbocycles. The van der Waals surface area contributed by atoms with E-state index >= 15 is 0 Å². The fourth-order valence-corrected chi connectivity index (χ4v) is 2.77. The molecule has 3 nitrogen and oxygen atoms in total. The van der Waals surface area contributed by atoms with E-state index in [0.29, 0.717) is 6.04 Å². The van der Waals surface area contributed by atoms with Crippen LogP contribution in [0.3, 0.4) is 0 Å². The molecule has 1 saturated heterocycles. The number of hydrogen-bond donors (Lipinski definition) is 1. The van der Waals surface area contributed by atoms with Crippen molar-refractivity contribution in [3.8, 4) is 0 Å². The van der Waals surface area contributed by atoms with Crippen LogP contribution in [0.2, 0.25) is 0 Å². The van der Waals surface area contributed by atoms with Crippen LogP contribution < -0.4 is 5.73 Å². The number of rotatable bonds is 3. The highest BCUT2D eigenvalue weighted by atomic mass is 32.1. The van der Waals surface area contributed by atoms with Gasteiger partial charge in [0.2, 0.25) is 0 Å². The molecular weight excluding hydrogens is 220 g/mol. The van der Waals surface area contributed by atoms with Gasteiger partial charge in [0.1, 0.15) is 0 Å². The minimum atomic E-state index is 0.00722. The van der Waals surface area contributed by atoms with Crippen LogP contribution in [0, 0.1) is 0 Å². The molecule has 16 heavy (non-hydrogen) atoms. The Bertz CT molecular complexity index is 313. The fourth-order valence-electron chi connectivity index (χ4n) is 2.06. The Hall–Kier alpha value is -0.420. The Kier molecular flexibility index (Phi) is 3.97. The van der Waals surface area contributed by atoms with Crippen LogP contribution in [0.25, 0.3) is 0 Å². The second-order valence-corrected chi connectivity index (χ2v) is 5.36. The SMILES string of the molecule is CC(C)N1CCOC(C(N)c2ccsc2)C1. The first kappa shape index (κ1) is 12.0. The zero-order valence-electron chi connectivity index (χ0n) is 9.93. The van der Waals surface area contributed by atoms with Crippen LogP contribution in [0.5, 0.6) is 0 Å². The van der Waals surface area contributed by atoms with Gasteiger partial charge in [0.25, 0.3) is 0 Å². The second-order valence-electron chi connectivity index (χ2n) is 4.58. The summed E-state index contributed by atoms with van der Waals surface area (Å²) in [7, 11) is 0. The number of ether oxygens (including phenoxy) is 1. The van der Waals surface area contributed by atoms with E-state index in [0.717, 1.165) is 19.7 Å². The first-order valence-electron chi connectivity index (χ1n) is 5.82. The summed E-state index contributed by atoms with van der Waals surface area (Å²) in [4.78, 5) is 2.43. The molecule has 1 aliphatic heterocycles. The maximum atomic E-state index is 6.23. The summed E-state index contributed by atoms with van der Waals surface area (Å²) in [5, 5.41) is 4.18. The summed E-state index contributed by atoms with van der Waals surface area (Å²) in [5.41, 5.74) is 7.43. The van der Waals surface area contributed by atoms with Gasteiger partial charge in [-0.25, -0.2) is 0 Å². The lowest BCUT2D eigenvalue weighted by atomic mass is 10.0. The van der Waals surface area contributed by atoms with Crippen LogP contribution >= 0.6 is 11.3 Å². The van der Waals surface area contributed by atoms with Gasteiger partial charge in [-0.2, -0.15) is 11.3 Å². The van der Waals surface area contributed by atoms with Gasteiger partial charge in [-0.15, -0.1) is 0 Å². The van der Waals surface area contributed by atoms with Crippen LogP contribution in [0.15, 0.2) is 16.8 Å². The largest absolute Gasteiger partial charge is 0.374 e. The van der Waals surface area contributed by atoms with Gasteiger partial charge in [0.15, 0.2) is 0 Å².